The summed E-state index contributed by atoms with van der Waals surface area (Å²) in [6, 6.07) is 12.7. The van der Waals surface area contributed by atoms with Gasteiger partial charge in [0.05, 0.1) is 0 Å². The molecule has 2 aromatic carbocycles. The highest BCUT2D eigenvalue weighted by Gasteiger charge is 2.21. The number of aromatic nitrogens is 1. The lowest BCUT2D eigenvalue weighted by Gasteiger charge is -2.28. The molecule has 0 unspecified atom stereocenters. The second-order valence-electron chi connectivity index (χ2n) is 6.51. The maximum absolute atomic E-state index is 13.9. The molecule has 3 nitrogen and oxygen atoms in total. The molecule has 0 radical (unpaired) electrons. The lowest BCUT2D eigenvalue weighted by Crippen LogP contribution is -2.34. The molecule has 3 aromatic rings. The first-order valence-corrected chi connectivity index (χ1v) is 8.22. The summed E-state index contributed by atoms with van der Waals surface area (Å²) in [6.45, 7) is 3.89. The first-order valence-electron chi connectivity index (χ1n) is 8.22. The van der Waals surface area contributed by atoms with E-state index in [9.17, 15) is 9.18 Å². The molecule has 1 aromatic heterocycles. The van der Waals surface area contributed by atoms with Crippen LogP contribution in [0.5, 0.6) is 0 Å². The first kappa shape index (κ1) is 15.1. The average molecular weight is 322 g/mol. The Hall–Kier alpha value is -2.46. The van der Waals surface area contributed by atoms with Gasteiger partial charge in [-0.2, -0.15) is 0 Å². The first-order chi connectivity index (χ1) is 11.6. The van der Waals surface area contributed by atoms with E-state index >= 15 is 0 Å². The van der Waals surface area contributed by atoms with Crippen LogP contribution < -0.4 is 5.43 Å². The van der Waals surface area contributed by atoms with E-state index in [0.29, 0.717) is 18.7 Å². The van der Waals surface area contributed by atoms with Gasteiger partial charge in [0.25, 0.3) is 0 Å². The highest BCUT2D eigenvalue weighted by Crippen LogP contribution is 2.21. The number of halogens is 1. The molecule has 4 rings (SSSR count). The molecular weight excluding hydrogens is 303 g/mol. The predicted molar refractivity (Wildman–Crippen MR) is 93.5 cm³/mol. The van der Waals surface area contributed by atoms with Crippen LogP contribution in [0.1, 0.15) is 22.4 Å². The Labute approximate surface area is 139 Å². The Morgan fingerprint density at radius 1 is 1.21 bits per heavy atom. The summed E-state index contributed by atoms with van der Waals surface area (Å²) < 4.78 is 13.9. The molecular formula is C20H19FN2O. The highest BCUT2D eigenvalue weighted by molar-refractivity contribution is 5.80. The van der Waals surface area contributed by atoms with Crippen molar-refractivity contribution in [1.82, 2.24) is 9.88 Å². The third kappa shape index (κ3) is 2.63. The molecule has 4 heteroatoms. The molecule has 0 aliphatic carbocycles. The monoisotopic (exact) mass is 322 g/mol. The molecule has 0 saturated heterocycles. The second kappa shape index (κ2) is 5.87. The fourth-order valence-electron chi connectivity index (χ4n) is 3.45. The molecule has 1 aliphatic rings. The number of aryl methyl sites for hydroxylation is 1. The van der Waals surface area contributed by atoms with Gasteiger partial charge in [0, 0.05) is 53.8 Å². The zero-order valence-electron chi connectivity index (χ0n) is 13.6. The molecule has 0 spiro atoms. The number of fused-ring (bicyclic) bond motifs is 2. The van der Waals surface area contributed by atoms with Gasteiger partial charge in [0.2, 0.25) is 0 Å². The number of rotatable bonds is 2. The minimum absolute atomic E-state index is 0.0979. The van der Waals surface area contributed by atoms with E-state index < -0.39 is 0 Å². The van der Waals surface area contributed by atoms with Gasteiger partial charge in [0.15, 0.2) is 5.43 Å². The van der Waals surface area contributed by atoms with Crippen molar-refractivity contribution in [3.05, 3.63) is 80.9 Å². The van der Waals surface area contributed by atoms with E-state index in [4.69, 9.17) is 0 Å². The van der Waals surface area contributed by atoms with Crippen molar-refractivity contribution in [2.24, 2.45) is 0 Å². The molecule has 1 aliphatic heterocycles. The number of nitrogens with zero attached hydrogens (tertiary/aromatic N) is 1. The van der Waals surface area contributed by atoms with Gasteiger partial charge >= 0.3 is 0 Å². The van der Waals surface area contributed by atoms with Gasteiger partial charge < -0.3 is 4.98 Å². The quantitative estimate of drug-likeness (QED) is 0.783. The number of nitrogens with one attached hydrogen (secondary N) is 1. The average Bonchev–Trinajstić information content (AvgIpc) is 2.58. The molecule has 2 heterocycles. The summed E-state index contributed by atoms with van der Waals surface area (Å²) in [5, 5.41) is 0.737. The van der Waals surface area contributed by atoms with Crippen molar-refractivity contribution in [3.63, 3.8) is 0 Å². The maximum Gasteiger partial charge on any atom is 0.194 e. The Morgan fingerprint density at radius 3 is 2.88 bits per heavy atom. The zero-order valence-corrected chi connectivity index (χ0v) is 13.6. The van der Waals surface area contributed by atoms with Gasteiger partial charge in [0.1, 0.15) is 5.82 Å². The third-order valence-electron chi connectivity index (χ3n) is 4.76. The van der Waals surface area contributed by atoms with Crippen LogP contribution in [-0.2, 0) is 19.5 Å². The van der Waals surface area contributed by atoms with E-state index in [-0.39, 0.29) is 11.2 Å². The van der Waals surface area contributed by atoms with Crippen LogP contribution in [0.25, 0.3) is 10.9 Å². The van der Waals surface area contributed by atoms with Gasteiger partial charge in [-0.05, 0) is 25.1 Å². The molecule has 0 fully saturated rings. The van der Waals surface area contributed by atoms with Crippen molar-refractivity contribution in [1.29, 1.82) is 0 Å². The summed E-state index contributed by atoms with van der Waals surface area (Å²) >= 11 is 0. The Balaban J connectivity index is 1.69. The van der Waals surface area contributed by atoms with Crippen LogP contribution in [0.4, 0.5) is 4.39 Å². The molecule has 0 atom stereocenters. The summed E-state index contributed by atoms with van der Waals surface area (Å²) in [6.07, 6.45) is 0.781. The van der Waals surface area contributed by atoms with E-state index in [2.05, 4.69) is 9.88 Å². The summed E-state index contributed by atoms with van der Waals surface area (Å²) in [5.74, 6) is -0.189. The van der Waals surface area contributed by atoms with Gasteiger partial charge in [-0.1, -0.05) is 29.8 Å². The normalized spacial score (nSPS) is 14.8. The third-order valence-corrected chi connectivity index (χ3v) is 4.76. The number of H-pyrrole nitrogens is 1. The summed E-state index contributed by atoms with van der Waals surface area (Å²) in [7, 11) is 0. The van der Waals surface area contributed by atoms with Crippen LogP contribution in [0.2, 0.25) is 0 Å². The van der Waals surface area contributed by atoms with Crippen LogP contribution in [-0.4, -0.2) is 16.4 Å². The van der Waals surface area contributed by atoms with E-state index in [1.54, 1.807) is 12.1 Å². The van der Waals surface area contributed by atoms with Gasteiger partial charge in [-0.15, -0.1) is 0 Å². The number of pyridine rings is 1. The molecule has 24 heavy (non-hydrogen) atoms. The molecule has 0 bridgehead atoms. The number of hydrogen-bond acceptors (Lipinski definition) is 2. The maximum atomic E-state index is 13.9. The molecule has 122 valence electrons. The predicted octanol–water partition coefficient (Wildman–Crippen LogP) is 3.53. The lowest BCUT2D eigenvalue weighted by molar-refractivity contribution is 0.239. The summed E-state index contributed by atoms with van der Waals surface area (Å²) in [4.78, 5) is 18.4. The standard InChI is InChI=1S/C20H19FN2O/c1-13-6-7-18-15(10-13)20(24)16-12-23(9-8-19(16)22-18)11-14-4-2-3-5-17(14)21/h2-7,10H,8-9,11-12H2,1H3,(H,22,24). The van der Waals surface area contributed by atoms with Gasteiger partial charge in [-0.25, -0.2) is 4.39 Å². The molecule has 1 N–H and O–H groups in total. The molecule has 0 amide bonds. The Bertz CT molecular complexity index is 977. The van der Waals surface area contributed by atoms with Crippen molar-refractivity contribution in [2.45, 2.75) is 26.4 Å². The van der Waals surface area contributed by atoms with E-state index in [1.807, 2.05) is 31.2 Å². The fourth-order valence-corrected chi connectivity index (χ4v) is 3.45. The van der Waals surface area contributed by atoms with Crippen molar-refractivity contribution in [3.8, 4) is 0 Å². The van der Waals surface area contributed by atoms with Crippen LogP contribution >= 0.6 is 0 Å². The van der Waals surface area contributed by atoms with E-state index in [0.717, 1.165) is 40.7 Å². The Morgan fingerprint density at radius 2 is 2.04 bits per heavy atom. The lowest BCUT2D eigenvalue weighted by atomic mass is 10.0. The van der Waals surface area contributed by atoms with Crippen molar-refractivity contribution < 1.29 is 4.39 Å². The number of aromatic amines is 1. The topological polar surface area (TPSA) is 36.1 Å². The van der Waals surface area contributed by atoms with E-state index in [1.165, 1.54) is 6.07 Å². The zero-order chi connectivity index (χ0) is 16.7. The minimum atomic E-state index is -0.189. The number of benzene rings is 2. The van der Waals surface area contributed by atoms with Crippen LogP contribution in [0.3, 0.4) is 0 Å². The van der Waals surface area contributed by atoms with Crippen LogP contribution in [0.15, 0.2) is 47.3 Å². The van der Waals surface area contributed by atoms with Crippen molar-refractivity contribution in [2.75, 3.05) is 6.54 Å². The Kier molecular flexibility index (Phi) is 3.69. The van der Waals surface area contributed by atoms with Crippen LogP contribution in [0, 0.1) is 12.7 Å². The highest BCUT2D eigenvalue weighted by atomic mass is 19.1. The summed E-state index contributed by atoms with van der Waals surface area (Å²) in [5.41, 5.74) is 4.57. The minimum Gasteiger partial charge on any atom is -0.358 e. The smallest absolute Gasteiger partial charge is 0.194 e. The number of hydrogen-bond donors (Lipinski definition) is 1. The second-order valence-corrected chi connectivity index (χ2v) is 6.51. The molecule has 0 saturated carbocycles. The van der Waals surface area contributed by atoms with Gasteiger partial charge in [-0.3, -0.25) is 9.69 Å². The largest absolute Gasteiger partial charge is 0.358 e. The van der Waals surface area contributed by atoms with Crippen molar-refractivity contribution >= 4 is 10.9 Å². The SMILES string of the molecule is Cc1ccc2[nH]c3c(c(=O)c2c1)CN(Cc1ccccc1F)CC3. The fraction of sp³-hybridized carbons (Fsp3) is 0.250.